The summed E-state index contributed by atoms with van der Waals surface area (Å²) in [5.41, 5.74) is 0. The van der Waals surface area contributed by atoms with E-state index in [9.17, 15) is 13.2 Å². The van der Waals surface area contributed by atoms with Gasteiger partial charge in [0.05, 0.1) is 18.8 Å². The summed E-state index contributed by atoms with van der Waals surface area (Å²) in [6.07, 6.45) is 3.07. The summed E-state index contributed by atoms with van der Waals surface area (Å²) in [5, 5.41) is 8.26. The maximum Gasteiger partial charge on any atom is 0.305 e. The normalized spacial score (nSPS) is 11.6. The molecule has 7 heteroatoms. The van der Waals surface area contributed by atoms with Gasteiger partial charge in [-0.05, 0) is 6.42 Å². The molecule has 0 fully saturated rings. The zero-order chi connectivity index (χ0) is 12.4. The molecule has 0 atom stereocenters. The minimum absolute atomic E-state index is 0.0972. The first-order chi connectivity index (χ1) is 7.48. The summed E-state index contributed by atoms with van der Waals surface area (Å²) in [4.78, 5) is 14.4. The molecule has 1 N–H and O–H groups in total. The van der Waals surface area contributed by atoms with Gasteiger partial charge < -0.3 is 5.11 Å². The Hall–Kier alpha value is -0.660. The average molecular weight is 254 g/mol. The summed E-state index contributed by atoms with van der Waals surface area (Å²) >= 11 is 0. The van der Waals surface area contributed by atoms with Crippen molar-refractivity contribution in [3.05, 3.63) is 0 Å². The Bertz CT molecular complexity index is 284. The molecule has 0 saturated carbocycles. The zero-order valence-electron chi connectivity index (χ0n) is 9.35. The van der Waals surface area contributed by atoms with Crippen LogP contribution in [-0.4, -0.2) is 31.9 Å². The molecule has 0 rings (SSSR count). The SMILES string of the molecule is CCCCCCS(=O)(=O)OOCCC(=O)O. The highest BCUT2D eigenvalue weighted by Crippen LogP contribution is 2.04. The van der Waals surface area contributed by atoms with Crippen molar-refractivity contribution >= 4 is 16.1 Å². The quantitative estimate of drug-likeness (QED) is 0.359. The van der Waals surface area contributed by atoms with E-state index in [0.717, 1.165) is 19.3 Å². The number of unbranched alkanes of at least 4 members (excludes halogenated alkanes) is 3. The molecular weight excluding hydrogens is 236 g/mol. The van der Waals surface area contributed by atoms with Crippen LogP contribution < -0.4 is 0 Å². The number of carboxylic acids is 1. The van der Waals surface area contributed by atoms with E-state index in [4.69, 9.17) is 5.11 Å². The molecule has 0 radical (unpaired) electrons. The Morgan fingerprint density at radius 2 is 1.94 bits per heavy atom. The molecule has 0 saturated heterocycles. The third kappa shape index (κ3) is 9.88. The third-order valence-corrected chi connectivity index (χ3v) is 2.89. The van der Waals surface area contributed by atoms with Crippen molar-refractivity contribution in [1.29, 1.82) is 0 Å². The molecule has 0 aromatic carbocycles. The number of aliphatic carboxylic acids is 1. The lowest BCUT2D eigenvalue weighted by atomic mass is 10.2. The highest BCUT2D eigenvalue weighted by Gasteiger charge is 2.12. The van der Waals surface area contributed by atoms with Gasteiger partial charge in [-0.25, -0.2) is 4.89 Å². The minimum atomic E-state index is -3.68. The van der Waals surface area contributed by atoms with Crippen LogP contribution in [0.2, 0.25) is 0 Å². The Morgan fingerprint density at radius 3 is 2.50 bits per heavy atom. The molecule has 0 aliphatic heterocycles. The van der Waals surface area contributed by atoms with E-state index in [-0.39, 0.29) is 18.8 Å². The van der Waals surface area contributed by atoms with Crippen molar-refractivity contribution in [3.8, 4) is 0 Å². The van der Waals surface area contributed by atoms with E-state index >= 15 is 0 Å². The van der Waals surface area contributed by atoms with Crippen LogP contribution >= 0.6 is 0 Å². The summed E-state index contributed by atoms with van der Waals surface area (Å²) in [7, 11) is -3.68. The van der Waals surface area contributed by atoms with Crippen LogP contribution in [0.3, 0.4) is 0 Å². The lowest BCUT2D eigenvalue weighted by Gasteiger charge is -2.03. The second-order valence-electron chi connectivity index (χ2n) is 3.36. The Balaban J connectivity index is 3.58. The van der Waals surface area contributed by atoms with Gasteiger partial charge in [0.1, 0.15) is 0 Å². The summed E-state index contributed by atoms with van der Waals surface area (Å²) in [6, 6.07) is 0. The van der Waals surface area contributed by atoms with Gasteiger partial charge in [-0.3, -0.25) is 4.79 Å². The molecule has 0 unspecified atom stereocenters. The van der Waals surface area contributed by atoms with Crippen LogP contribution in [0.4, 0.5) is 0 Å². The van der Waals surface area contributed by atoms with Gasteiger partial charge in [0.15, 0.2) is 0 Å². The lowest BCUT2D eigenvalue weighted by Crippen LogP contribution is -2.13. The first-order valence-corrected chi connectivity index (χ1v) is 6.81. The maximum absolute atomic E-state index is 11.1. The van der Waals surface area contributed by atoms with Gasteiger partial charge in [-0.2, -0.15) is 8.42 Å². The summed E-state index contributed by atoms with van der Waals surface area (Å²) in [5.74, 6) is -1.16. The maximum atomic E-state index is 11.1. The lowest BCUT2D eigenvalue weighted by molar-refractivity contribution is -0.204. The molecular formula is C9H18O6S. The smallest absolute Gasteiger partial charge is 0.305 e. The highest BCUT2D eigenvalue weighted by molar-refractivity contribution is 7.86. The van der Waals surface area contributed by atoms with Crippen LogP contribution in [0.1, 0.15) is 39.0 Å². The van der Waals surface area contributed by atoms with E-state index in [2.05, 4.69) is 9.22 Å². The predicted octanol–water partition coefficient (Wildman–Crippen LogP) is 1.32. The van der Waals surface area contributed by atoms with Crippen molar-refractivity contribution in [2.45, 2.75) is 39.0 Å². The second-order valence-corrected chi connectivity index (χ2v) is 5.02. The van der Waals surface area contributed by atoms with Gasteiger partial charge in [0.25, 0.3) is 10.1 Å². The van der Waals surface area contributed by atoms with Crippen molar-refractivity contribution in [1.82, 2.24) is 0 Å². The largest absolute Gasteiger partial charge is 0.481 e. The molecule has 0 heterocycles. The number of carboxylic acid groups (broad SMARTS) is 1. The van der Waals surface area contributed by atoms with Crippen molar-refractivity contribution in [2.75, 3.05) is 12.4 Å². The highest BCUT2D eigenvalue weighted by atomic mass is 32.2. The number of hydrogen-bond acceptors (Lipinski definition) is 5. The fourth-order valence-corrected chi connectivity index (χ4v) is 1.82. The molecule has 0 spiro atoms. The third-order valence-electron chi connectivity index (χ3n) is 1.80. The van der Waals surface area contributed by atoms with E-state index in [1.165, 1.54) is 0 Å². The Labute approximate surface area is 95.6 Å². The van der Waals surface area contributed by atoms with Crippen molar-refractivity contribution in [3.63, 3.8) is 0 Å². The van der Waals surface area contributed by atoms with E-state index in [0.29, 0.717) is 6.42 Å². The molecule has 96 valence electrons. The molecule has 16 heavy (non-hydrogen) atoms. The Kier molecular flexibility index (Phi) is 8.14. The first-order valence-electron chi connectivity index (χ1n) is 5.23. The number of rotatable bonds is 10. The average Bonchev–Trinajstić information content (AvgIpc) is 2.19. The summed E-state index contributed by atoms with van der Waals surface area (Å²) in [6.45, 7) is 1.75. The topological polar surface area (TPSA) is 89.9 Å². The van der Waals surface area contributed by atoms with Gasteiger partial charge in [0.2, 0.25) is 0 Å². The molecule has 0 aliphatic carbocycles. The molecule has 0 aromatic rings. The van der Waals surface area contributed by atoms with E-state index in [1.807, 2.05) is 6.92 Å². The monoisotopic (exact) mass is 254 g/mol. The van der Waals surface area contributed by atoms with Gasteiger partial charge in [-0.1, -0.05) is 26.2 Å². The standard InChI is InChI=1S/C9H18O6S/c1-2-3-4-5-8-16(12,13)15-14-7-6-9(10)11/h2-8H2,1H3,(H,10,11). The first kappa shape index (κ1) is 15.3. The van der Waals surface area contributed by atoms with Crippen molar-refractivity contribution in [2.24, 2.45) is 0 Å². The molecule has 0 bridgehead atoms. The molecule has 0 aliphatic rings. The van der Waals surface area contributed by atoms with Crippen LogP contribution in [0.25, 0.3) is 0 Å². The van der Waals surface area contributed by atoms with E-state index < -0.39 is 16.1 Å². The Morgan fingerprint density at radius 1 is 1.25 bits per heavy atom. The zero-order valence-corrected chi connectivity index (χ0v) is 10.2. The van der Waals surface area contributed by atoms with Gasteiger partial charge in [-0.15, -0.1) is 4.33 Å². The number of carbonyl (C=O) groups is 1. The van der Waals surface area contributed by atoms with Crippen molar-refractivity contribution < 1.29 is 27.5 Å². The molecule has 0 amide bonds. The van der Waals surface area contributed by atoms with Crippen LogP contribution in [0, 0.1) is 0 Å². The predicted molar refractivity (Wildman–Crippen MR) is 57.2 cm³/mol. The van der Waals surface area contributed by atoms with Crippen LogP contribution in [-0.2, 0) is 24.1 Å². The minimum Gasteiger partial charge on any atom is -0.481 e. The second kappa shape index (κ2) is 8.49. The van der Waals surface area contributed by atoms with Crippen LogP contribution in [0.15, 0.2) is 0 Å². The van der Waals surface area contributed by atoms with E-state index in [1.54, 1.807) is 0 Å². The summed E-state index contributed by atoms with van der Waals surface area (Å²) < 4.78 is 26.5. The number of hydrogen-bond donors (Lipinski definition) is 1. The fraction of sp³-hybridized carbons (Fsp3) is 0.889. The molecule has 6 nitrogen and oxygen atoms in total. The van der Waals surface area contributed by atoms with Gasteiger partial charge >= 0.3 is 5.97 Å². The van der Waals surface area contributed by atoms with Gasteiger partial charge in [0, 0.05) is 0 Å². The fourth-order valence-electron chi connectivity index (χ4n) is 0.976. The molecule has 0 aromatic heterocycles. The van der Waals surface area contributed by atoms with Crippen LogP contribution in [0.5, 0.6) is 0 Å².